The van der Waals surface area contributed by atoms with Crippen molar-refractivity contribution in [3.05, 3.63) is 28.8 Å². The first-order valence-electron chi connectivity index (χ1n) is 7.79. The van der Waals surface area contributed by atoms with Crippen molar-refractivity contribution in [2.45, 2.75) is 51.4 Å². The SMILES string of the molecule is Cc1nn(C(F)F)c(C)c1S(=O)(=O)NCCCn1nc(C(F)(F)F)cc1C. The molecule has 0 atom stereocenters. The molecule has 2 heterocycles. The van der Waals surface area contributed by atoms with Crippen molar-refractivity contribution in [1.82, 2.24) is 24.3 Å². The number of hydrogen-bond acceptors (Lipinski definition) is 4. The molecule has 1 N–H and O–H groups in total. The Morgan fingerprint density at radius 2 is 1.81 bits per heavy atom. The number of halogens is 5. The third-order valence-electron chi connectivity index (χ3n) is 3.82. The summed E-state index contributed by atoms with van der Waals surface area (Å²) < 4.78 is 91.9. The first-order valence-corrected chi connectivity index (χ1v) is 9.28. The van der Waals surface area contributed by atoms with E-state index in [-0.39, 0.29) is 41.5 Å². The minimum absolute atomic E-state index is 0.0543. The summed E-state index contributed by atoms with van der Waals surface area (Å²) >= 11 is 0. The van der Waals surface area contributed by atoms with Gasteiger partial charge in [0.15, 0.2) is 5.69 Å². The number of nitrogens with one attached hydrogen (secondary N) is 1. The van der Waals surface area contributed by atoms with Gasteiger partial charge in [0.1, 0.15) is 4.90 Å². The zero-order valence-electron chi connectivity index (χ0n) is 14.7. The van der Waals surface area contributed by atoms with E-state index in [1.165, 1.54) is 20.8 Å². The molecule has 2 aromatic rings. The van der Waals surface area contributed by atoms with Crippen molar-refractivity contribution in [1.29, 1.82) is 0 Å². The maximum absolute atomic E-state index is 12.8. The Balaban J connectivity index is 2.02. The normalized spacial score (nSPS) is 12.9. The molecule has 13 heteroatoms. The van der Waals surface area contributed by atoms with Crippen LogP contribution in [0.5, 0.6) is 0 Å². The highest BCUT2D eigenvalue weighted by atomic mass is 32.2. The predicted molar refractivity (Wildman–Crippen MR) is 84.7 cm³/mol. The van der Waals surface area contributed by atoms with Crippen LogP contribution in [0.3, 0.4) is 0 Å². The van der Waals surface area contributed by atoms with E-state index < -0.39 is 28.4 Å². The number of hydrogen-bond donors (Lipinski definition) is 1. The molecule has 0 saturated heterocycles. The van der Waals surface area contributed by atoms with Gasteiger partial charge in [-0.25, -0.2) is 17.8 Å². The molecule has 2 aromatic heterocycles. The van der Waals surface area contributed by atoms with Gasteiger partial charge in [0.2, 0.25) is 10.0 Å². The Labute approximate surface area is 152 Å². The summed E-state index contributed by atoms with van der Waals surface area (Å²) in [7, 11) is -4.09. The Hall–Kier alpha value is -2.02. The number of sulfonamides is 1. The minimum Gasteiger partial charge on any atom is -0.269 e. The number of aromatic nitrogens is 4. The standard InChI is InChI=1S/C14H18F5N5O2S/c1-8-7-11(14(17,18)19)22-23(8)6-4-5-20-27(25,26)12-9(2)21-24(10(12)3)13(15)16/h7,13,20H,4-6H2,1-3H3. The third kappa shape index (κ3) is 4.64. The zero-order valence-corrected chi connectivity index (χ0v) is 15.5. The topological polar surface area (TPSA) is 81.8 Å². The molecular weight excluding hydrogens is 397 g/mol. The lowest BCUT2D eigenvalue weighted by atomic mass is 10.3. The molecule has 27 heavy (non-hydrogen) atoms. The number of nitrogens with zero attached hydrogens (tertiary/aromatic N) is 4. The van der Waals surface area contributed by atoms with Gasteiger partial charge in [-0.15, -0.1) is 0 Å². The number of rotatable bonds is 7. The molecular formula is C14H18F5N5O2S. The summed E-state index contributed by atoms with van der Waals surface area (Å²) in [5, 5.41) is 6.96. The van der Waals surface area contributed by atoms with Gasteiger partial charge in [0.05, 0.1) is 11.4 Å². The second kappa shape index (κ2) is 7.54. The van der Waals surface area contributed by atoms with Crippen molar-refractivity contribution in [3.8, 4) is 0 Å². The van der Waals surface area contributed by atoms with Gasteiger partial charge >= 0.3 is 12.7 Å². The average molecular weight is 415 g/mol. The molecule has 0 unspecified atom stereocenters. The fraction of sp³-hybridized carbons (Fsp3) is 0.571. The van der Waals surface area contributed by atoms with Crippen LogP contribution in [-0.2, 0) is 22.7 Å². The van der Waals surface area contributed by atoms with Crippen molar-refractivity contribution < 1.29 is 30.4 Å². The first-order chi connectivity index (χ1) is 12.3. The lowest BCUT2D eigenvalue weighted by Crippen LogP contribution is -2.27. The Morgan fingerprint density at radius 1 is 1.19 bits per heavy atom. The fourth-order valence-electron chi connectivity index (χ4n) is 2.61. The Bertz CT molecular complexity index is 917. The van der Waals surface area contributed by atoms with Gasteiger partial charge in [-0.2, -0.15) is 32.1 Å². The summed E-state index contributed by atoms with van der Waals surface area (Å²) in [6, 6.07) is 0.898. The van der Waals surface area contributed by atoms with Gasteiger partial charge in [0, 0.05) is 18.8 Å². The molecule has 0 amide bonds. The predicted octanol–water partition coefficient (Wildman–Crippen LogP) is 2.79. The Kier molecular flexibility index (Phi) is 5.94. The largest absolute Gasteiger partial charge is 0.435 e. The maximum Gasteiger partial charge on any atom is 0.435 e. The third-order valence-corrected chi connectivity index (χ3v) is 5.54. The number of alkyl halides is 5. The van der Waals surface area contributed by atoms with Crippen molar-refractivity contribution in [2.75, 3.05) is 6.54 Å². The van der Waals surface area contributed by atoms with E-state index in [0.717, 1.165) is 10.7 Å². The van der Waals surface area contributed by atoms with E-state index in [0.29, 0.717) is 4.68 Å². The molecule has 0 aliphatic heterocycles. The van der Waals surface area contributed by atoms with Crippen LogP contribution in [-0.4, -0.2) is 34.5 Å². The lowest BCUT2D eigenvalue weighted by Gasteiger charge is -2.09. The van der Waals surface area contributed by atoms with Gasteiger partial charge in [-0.1, -0.05) is 0 Å². The highest BCUT2D eigenvalue weighted by molar-refractivity contribution is 7.89. The van der Waals surface area contributed by atoms with Crippen LogP contribution in [0.15, 0.2) is 11.0 Å². The highest BCUT2D eigenvalue weighted by Gasteiger charge is 2.34. The van der Waals surface area contributed by atoms with Crippen LogP contribution in [0.1, 0.15) is 35.7 Å². The summed E-state index contributed by atoms with van der Waals surface area (Å²) in [5.74, 6) is 0. The summed E-state index contributed by atoms with van der Waals surface area (Å²) in [4.78, 5) is -0.336. The zero-order chi connectivity index (χ0) is 20.6. The van der Waals surface area contributed by atoms with Crippen LogP contribution in [0, 0.1) is 20.8 Å². The summed E-state index contributed by atoms with van der Waals surface area (Å²) in [6.07, 6.45) is -4.41. The van der Waals surface area contributed by atoms with Gasteiger partial charge in [-0.3, -0.25) is 4.68 Å². The monoisotopic (exact) mass is 415 g/mol. The molecule has 0 aliphatic rings. The van der Waals surface area contributed by atoms with Gasteiger partial charge < -0.3 is 0 Å². The van der Waals surface area contributed by atoms with Crippen molar-refractivity contribution in [2.24, 2.45) is 0 Å². The van der Waals surface area contributed by atoms with Crippen LogP contribution < -0.4 is 4.72 Å². The van der Waals surface area contributed by atoms with Gasteiger partial charge in [0.25, 0.3) is 0 Å². The molecule has 0 saturated carbocycles. The second-order valence-electron chi connectivity index (χ2n) is 5.87. The molecule has 0 aliphatic carbocycles. The van der Waals surface area contributed by atoms with E-state index in [1.807, 2.05) is 0 Å². The van der Waals surface area contributed by atoms with E-state index in [1.54, 1.807) is 0 Å². The van der Waals surface area contributed by atoms with Crippen LogP contribution in [0.25, 0.3) is 0 Å². The quantitative estimate of drug-likeness (QED) is 0.557. The second-order valence-corrected chi connectivity index (χ2v) is 7.57. The van der Waals surface area contributed by atoms with Crippen molar-refractivity contribution >= 4 is 10.0 Å². The molecule has 0 radical (unpaired) electrons. The first kappa shape index (κ1) is 21.3. The molecule has 0 spiro atoms. The van der Waals surface area contributed by atoms with E-state index in [9.17, 15) is 30.4 Å². The van der Waals surface area contributed by atoms with Crippen molar-refractivity contribution in [3.63, 3.8) is 0 Å². The highest BCUT2D eigenvalue weighted by Crippen LogP contribution is 2.28. The molecule has 7 nitrogen and oxygen atoms in total. The Morgan fingerprint density at radius 3 is 2.30 bits per heavy atom. The molecule has 2 rings (SSSR count). The van der Waals surface area contributed by atoms with Crippen LogP contribution in [0.2, 0.25) is 0 Å². The van der Waals surface area contributed by atoms with E-state index in [2.05, 4.69) is 14.9 Å². The van der Waals surface area contributed by atoms with Crippen LogP contribution in [0.4, 0.5) is 22.0 Å². The summed E-state index contributed by atoms with van der Waals surface area (Å²) in [6.45, 7) is 0.940. The van der Waals surface area contributed by atoms with Gasteiger partial charge in [-0.05, 0) is 33.3 Å². The maximum atomic E-state index is 12.8. The average Bonchev–Trinajstić information content (AvgIpc) is 3.04. The molecule has 152 valence electrons. The number of aryl methyl sites for hydroxylation is 3. The van der Waals surface area contributed by atoms with E-state index >= 15 is 0 Å². The minimum atomic E-state index is -4.56. The molecule has 0 fully saturated rings. The molecule has 0 bridgehead atoms. The fourth-order valence-corrected chi connectivity index (χ4v) is 4.08. The van der Waals surface area contributed by atoms with Crippen LogP contribution >= 0.6 is 0 Å². The lowest BCUT2D eigenvalue weighted by molar-refractivity contribution is -0.141. The summed E-state index contributed by atoms with van der Waals surface area (Å²) in [5.41, 5.74) is -1.01. The van der Waals surface area contributed by atoms with E-state index in [4.69, 9.17) is 0 Å². The molecule has 0 aromatic carbocycles. The smallest absolute Gasteiger partial charge is 0.269 e.